The third-order valence-electron chi connectivity index (χ3n) is 7.81. The summed E-state index contributed by atoms with van der Waals surface area (Å²) in [6.07, 6.45) is -1.06. The number of alkyl halides is 3. The van der Waals surface area contributed by atoms with Crippen molar-refractivity contribution in [1.29, 1.82) is 0 Å². The van der Waals surface area contributed by atoms with Gasteiger partial charge >= 0.3 is 12.3 Å². The average molecular weight is 565 g/mol. The standard InChI is InChI=1S/C28H25F5N2O5/c29-21-9-15(27(36)37)10-22(30)25(21)35-16-7-8-17(35)12-18(11-16)38-13-20-24(34-40-26(20)14-5-6-14)19-3-1-2-4-23(19)39-28(31,32)33/h1-4,9-10,14,16-18H,5-8,11-13H2,(H,36,37)/t16-,17?,18?/m0/s1. The van der Waals surface area contributed by atoms with Crippen molar-refractivity contribution < 1.29 is 45.8 Å². The van der Waals surface area contributed by atoms with E-state index in [1.165, 1.54) is 18.2 Å². The molecule has 212 valence electrons. The van der Waals surface area contributed by atoms with Gasteiger partial charge in [-0.15, -0.1) is 13.2 Å². The molecule has 3 heterocycles. The number of carboxylic acids is 1. The maximum atomic E-state index is 14.9. The van der Waals surface area contributed by atoms with Gasteiger partial charge in [0.25, 0.3) is 0 Å². The van der Waals surface area contributed by atoms with Gasteiger partial charge in [-0.25, -0.2) is 13.6 Å². The number of fused-ring (bicyclic) bond motifs is 2. The van der Waals surface area contributed by atoms with Crippen LogP contribution in [0.25, 0.3) is 11.3 Å². The van der Waals surface area contributed by atoms with E-state index in [0.717, 1.165) is 25.0 Å². The van der Waals surface area contributed by atoms with Gasteiger partial charge in [-0.2, -0.15) is 0 Å². The number of carbonyl (C=O) groups is 1. The molecular formula is C28H25F5N2O5. The van der Waals surface area contributed by atoms with Crippen LogP contribution < -0.4 is 9.64 Å². The quantitative estimate of drug-likeness (QED) is 0.301. The first-order valence-electron chi connectivity index (χ1n) is 13.0. The smallest absolute Gasteiger partial charge is 0.478 e. The molecule has 3 aromatic rings. The molecule has 0 amide bonds. The molecule has 3 aliphatic rings. The van der Waals surface area contributed by atoms with E-state index in [2.05, 4.69) is 9.89 Å². The first-order valence-corrected chi connectivity index (χ1v) is 13.0. The predicted octanol–water partition coefficient (Wildman–Crippen LogP) is 6.81. The number of para-hydroxylation sites is 1. The van der Waals surface area contributed by atoms with Crippen LogP contribution in [0.2, 0.25) is 0 Å². The first kappa shape index (κ1) is 26.5. The molecule has 7 nitrogen and oxygen atoms in total. The van der Waals surface area contributed by atoms with E-state index in [-0.39, 0.29) is 47.7 Å². The van der Waals surface area contributed by atoms with Gasteiger partial charge in [0.1, 0.15) is 34.5 Å². The molecule has 3 atom stereocenters. The molecule has 0 spiro atoms. The Hall–Kier alpha value is -3.67. The van der Waals surface area contributed by atoms with Crippen LogP contribution in [0.5, 0.6) is 5.75 Å². The van der Waals surface area contributed by atoms with Crippen molar-refractivity contribution in [1.82, 2.24) is 5.16 Å². The summed E-state index contributed by atoms with van der Waals surface area (Å²) < 4.78 is 84.9. The summed E-state index contributed by atoms with van der Waals surface area (Å²) in [6.45, 7) is 0.0468. The number of benzene rings is 2. The van der Waals surface area contributed by atoms with Crippen molar-refractivity contribution in [2.75, 3.05) is 4.90 Å². The number of aromatic nitrogens is 1. The molecule has 1 aromatic heterocycles. The normalized spacial score (nSPS) is 22.5. The Morgan fingerprint density at radius 1 is 1.05 bits per heavy atom. The van der Waals surface area contributed by atoms with Crippen LogP contribution in [-0.2, 0) is 11.3 Å². The fourth-order valence-electron chi connectivity index (χ4n) is 5.98. The molecule has 2 aliphatic heterocycles. The van der Waals surface area contributed by atoms with Gasteiger partial charge in [0.05, 0.1) is 18.3 Å². The lowest BCUT2D eigenvalue weighted by molar-refractivity contribution is -0.274. The van der Waals surface area contributed by atoms with Crippen molar-refractivity contribution in [3.63, 3.8) is 0 Å². The van der Waals surface area contributed by atoms with E-state index in [1.54, 1.807) is 11.0 Å². The van der Waals surface area contributed by atoms with Gasteiger partial charge in [0, 0.05) is 29.1 Å². The highest BCUT2D eigenvalue weighted by atomic mass is 19.4. The number of rotatable bonds is 8. The molecule has 12 heteroatoms. The fourth-order valence-corrected chi connectivity index (χ4v) is 5.98. The van der Waals surface area contributed by atoms with E-state index in [4.69, 9.17) is 14.4 Å². The Kier molecular flexibility index (Phi) is 6.68. The van der Waals surface area contributed by atoms with E-state index in [1.807, 2.05) is 0 Å². The topological polar surface area (TPSA) is 85.0 Å². The van der Waals surface area contributed by atoms with Crippen LogP contribution in [0.4, 0.5) is 27.6 Å². The fraction of sp³-hybridized carbons (Fsp3) is 0.429. The number of hydrogen-bond donors (Lipinski definition) is 1. The van der Waals surface area contributed by atoms with Crippen molar-refractivity contribution in [2.24, 2.45) is 0 Å². The highest BCUT2D eigenvalue weighted by Gasteiger charge is 2.44. The highest BCUT2D eigenvalue weighted by molar-refractivity contribution is 5.88. The number of halogens is 5. The SMILES string of the molecule is O=C(O)c1cc(F)c(N2C3CC[C@H]2CC(OCc2c(-c4ccccc4OC(F)(F)F)noc2C2CC2)C3)c(F)c1. The second-order valence-electron chi connectivity index (χ2n) is 10.5. The number of carboxylic acid groups (broad SMARTS) is 1. The second-order valence-corrected chi connectivity index (χ2v) is 10.5. The largest absolute Gasteiger partial charge is 0.573 e. The zero-order chi connectivity index (χ0) is 28.2. The highest BCUT2D eigenvalue weighted by Crippen LogP contribution is 2.47. The van der Waals surface area contributed by atoms with Gasteiger partial charge < -0.3 is 24.0 Å². The van der Waals surface area contributed by atoms with Crippen molar-refractivity contribution in [3.05, 3.63) is 64.9 Å². The summed E-state index contributed by atoms with van der Waals surface area (Å²) >= 11 is 0. The lowest BCUT2D eigenvalue weighted by Gasteiger charge is -2.40. The lowest BCUT2D eigenvalue weighted by atomic mass is 9.97. The zero-order valence-electron chi connectivity index (χ0n) is 21.1. The molecule has 3 fully saturated rings. The minimum atomic E-state index is -4.88. The number of ether oxygens (including phenoxy) is 2. The summed E-state index contributed by atoms with van der Waals surface area (Å²) in [4.78, 5) is 12.9. The van der Waals surface area contributed by atoms with Gasteiger partial charge in [-0.05, 0) is 62.8 Å². The van der Waals surface area contributed by atoms with Crippen LogP contribution in [0.1, 0.15) is 66.1 Å². The number of hydrogen-bond acceptors (Lipinski definition) is 6. The first-order chi connectivity index (χ1) is 19.1. The second kappa shape index (κ2) is 10.1. The summed E-state index contributed by atoms with van der Waals surface area (Å²) in [5.41, 5.74) is 0.249. The molecule has 2 saturated heterocycles. The number of piperidine rings is 1. The van der Waals surface area contributed by atoms with E-state index in [9.17, 15) is 26.7 Å². The zero-order valence-corrected chi connectivity index (χ0v) is 21.1. The number of anilines is 1. The van der Waals surface area contributed by atoms with Crippen molar-refractivity contribution in [3.8, 4) is 17.0 Å². The van der Waals surface area contributed by atoms with Gasteiger partial charge in [-0.1, -0.05) is 17.3 Å². The molecule has 2 aromatic carbocycles. The summed E-state index contributed by atoms with van der Waals surface area (Å²) in [6, 6.07) is 6.95. The summed E-state index contributed by atoms with van der Waals surface area (Å²) in [5, 5.41) is 13.2. The van der Waals surface area contributed by atoms with Crippen LogP contribution in [0.15, 0.2) is 40.9 Å². The third kappa shape index (κ3) is 5.12. The predicted molar refractivity (Wildman–Crippen MR) is 131 cm³/mol. The molecule has 2 unspecified atom stereocenters. The minimum Gasteiger partial charge on any atom is -0.478 e. The van der Waals surface area contributed by atoms with Crippen LogP contribution in [0.3, 0.4) is 0 Å². The van der Waals surface area contributed by atoms with Gasteiger partial charge in [0.15, 0.2) is 0 Å². The maximum Gasteiger partial charge on any atom is 0.573 e. The molecule has 2 bridgehead atoms. The van der Waals surface area contributed by atoms with E-state index < -0.39 is 35.3 Å². The average Bonchev–Trinajstić information content (AvgIpc) is 3.59. The summed E-state index contributed by atoms with van der Waals surface area (Å²) in [5.74, 6) is -2.94. The van der Waals surface area contributed by atoms with Crippen molar-refractivity contribution in [2.45, 2.75) is 75.6 Å². The lowest BCUT2D eigenvalue weighted by Crippen LogP contribution is -2.46. The minimum absolute atomic E-state index is 0.0468. The van der Waals surface area contributed by atoms with Crippen LogP contribution in [0, 0.1) is 11.6 Å². The Bertz CT molecular complexity index is 1400. The molecule has 1 saturated carbocycles. The Morgan fingerprint density at radius 3 is 2.30 bits per heavy atom. The molecule has 6 rings (SSSR count). The van der Waals surface area contributed by atoms with E-state index in [0.29, 0.717) is 37.0 Å². The summed E-state index contributed by atoms with van der Waals surface area (Å²) in [7, 11) is 0. The Morgan fingerprint density at radius 2 is 1.70 bits per heavy atom. The molecular weight excluding hydrogens is 539 g/mol. The molecule has 40 heavy (non-hydrogen) atoms. The van der Waals surface area contributed by atoms with E-state index >= 15 is 0 Å². The third-order valence-corrected chi connectivity index (χ3v) is 7.81. The van der Waals surface area contributed by atoms with Crippen molar-refractivity contribution >= 4 is 11.7 Å². The monoisotopic (exact) mass is 564 g/mol. The maximum absolute atomic E-state index is 14.9. The molecule has 1 aliphatic carbocycles. The van der Waals surface area contributed by atoms with Crippen LogP contribution >= 0.6 is 0 Å². The molecule has 1 N–H and O–H groups in total. The van der Waals surface area contributed by atoms with Crippen LogP contribution in [-0.4, -0.2) is 40.8 Å². The Labute approximate surface area is 225 Å². The van der Waals surface area contributed by atoms with Gasteiger partial charge in [-0.3, -0.25) is 0 Å². The van der Waals surface area contributed by atoms with Gasteiger partial charge in [0.2, 0.25) is 0 Å². The number of nitrogens with zero attached hydrogens (tertiary/aromatic N) is 2. The molecule has 0 radical (unpaired) electrons. The Balaban J connectivity index is 1.22. The number of aromatic carboxylic acids is 1.